The summed E-state index contributed by atoms with van der Waals surface area (Å²) in [5.41, 5.74) is 8.68. The van der Waals surface area contributed by atoms with E-state index in [1.54, 1.807) is 11.3 Å². The molecule has 0 amide bonds. The van der Waals surface area contributed by atoms with Crippen molar-refractivity contribution in [3.8, 4) is 51.0 Å². The largest absolute Gasteiger partial charge is 0.309 e. The second-order valence-electron chi connectivity index (χ2n) is 14.4. The molecule has 0 radical (unpaired) electrons. The third-order valence-electron chi connectivity index (χ3n) is 11.0. The fraction of sp³-hybridized carbons (Fsp3) is 0. The van der Waals surface area contributed by atoms with Crippen LogP contribution >= 0.6 is 22.7 Å². The van der Waals surface area contributed by atoms with E-state index in [-0.39, 0.29) is 0 Å². The Hall–Kier alpha value is -6.99. The molecule has 0 bridgehead atoms. The molecule has 8 aromatic carbocycles. The lowest BCUT2D eigenvalue weighted by atomic mass is 10.0. The van der Waals surface area contributed by atoms with Gasteiger partial charge in [0.2, 0.25) is 0 Å². The number of aromatic nitrogens is 4. The molecule has 12 rings (SSSR count). The second kappa shape index (κ2) is 12.8. The zero-order chi connectivity index (χ0) is 37.5. The summed E-state index contributed by atoms with van der Waals surface area (Å²) in [6.45, 7) is 0. The van der Waals surface area contributed by atoms with E-state index in [1.165, 1.54) is 62.2 Å². The van der Waals surface area contributed by atoms with Gasteiger partial charge in [0.05, 0.1) is 11.0 Å². The first-order valence-corrected chi connectivity index (χ1v) is 20.7. The lowest BCUT2D eigenvalue weighted by Crippen LogP contribution is -2.00. The van der Waals surface area contributed by atoms with Gasteiger partial charge in [0.15, 0.2) is 17.5 Å². The molecule has 0 aliphatic rings. The topological polar surface area (TPSA) is 43.6 Å². The van der Waals surface area contributed by atoms with E-state index < -0.39 is 0 Å². The highest BCUT2D eigenvalue weighted by Gasteiger charge is 2.20. The Bertz CT molecular complexity index is 3540. The van der Waals surface area contributed by atoms with Gasteiger partial charge in [-0.05, 0) is 59.7 Å². The number of hydrogen-bond acceptors (Lipinski definition) is 5. The summed E-state index contributed by atoms with van der Waals surface area (Å²) in [6, 6.07) is 64.9. The fourth-order valence-electron chi connectivity index (χ4n) is 8.46. The van der Waals surface area contributed by atoms with E-state index in [1.807, 2.05) is 29.5 Å². The average molecular weight is 763 g/mol. The van der Waals surface area contributed by atoms with Crippen LogP contribution < -0.4 is 0 Å². The van der Waals surface area contributed by atoms with Crippen molar-refractivity contribution in [2.75, 3.05) is 0 Å². The zero-order valence-corrected chi connectivity index (χ0v) is 32.1. The summed E-state index contributed by atoms with van der Waals surface area (Å²) in [5.74, 6) is 1.96. The summed E-state index contributed by atoms with van der Waals surface area (Å²) in [7, 11) is 0. The van der Waals surface area contributed by atoms with Crippen molar-refractivity contribution in [2.45, 2.75) is 0 Å². The first-order valence-electron chi connectivity index (χ1n) is 19.0. The molecule has 266 valence electrons. The summed E-state index contributed by atoms with van der Waals surface area (Å²) >= 11 is 3.65. The predicted molar refractivity (Wildman–Crippen MR) is 242 cm³/mol. The van der Waals surface area contributed by atoms with Crippen LogP contribution in [0, 0.1) is 0 Å². The van der Waals surface area contributed by atoms with E-state index in [9.17, 15) is 0 Å². The summed E-state index contributed by atoms with van der Waals surface area (Å²) in [4.78, 5) is 15.4. The Morgan fingerprint density at radius 2 is 0.982 bits per heavy atom. The standard InChI is InChI=1S/C51H30N4S2/c1-2-13-31(14-3-1)49-52-50(54-51(53-49)41-23-12-22-39-37-20-5-8-25-43(37)57-48(39)41)34-17-10-15-32(29-34)33-16-11-18-35(30-33)55-42-24-7-4-19-36(42)38-27-28-45-46(47(38)55)40-21-6-9-26-44(40)56-45/h1-30H. The highest BCUT2D eigenvalue weighted by atomic mass is 32.1. The molecule has 0 aliphatic heterocycles. The van der Waals surface area contributed by atoms with Gasteiger partial charge in [0.25, 0.3) is 0 Å². The molecule has 6 heteroatoms. The number of benzene rings is 8. The Morgan fingerprint density at radius 1 is 0.368 bits per heavy atom. The van der Waals surface area contributed by atoms with Gasteiger partial charge in [-0.15, -0.1) is 22.7 Å². The van der Waals surface area contributed by atoms with Gasteiger partial charge in [0, 0.05) is 73.5 Å². The maximum Gasteiger partial charge on any atom is 0.165 e. The monoisotopic (exact) mass is 762 g/mol. The first kappa shape index (κ1) is 32.3. The molecule has 57 heavy (non-hydrogen) atoms. The molecular weight excluding hydrogens is 733 g/mol. The van der Waals surface area contributed by atoms with Crippen LogP contribution in [0.4, 0.5) is 0 Å². The minimum Gasteiger partial charge on any atom is -0.309 e. The van der Waals surface area contributed by atoms with Crippen molar-refractivity contribution in [3.63, 3.8) is 0 Å². The van der Waals surface area contributed by atoms with Crippen LogP contribution in [-0.4, -0.2) is 19.5 Å². The number of nitrogens with zero attached hydrogens (tertiary/aromatic N) is 4. The molecule has 4 heterocycles. The number of rotatable bonds is 5. The maximum absolute atomic E-state index is 5.21. The molecule has 4 aromatic heterocycles. The Morgan fingerprint density at radius 3 is 1.84 bits per heavy atom. The number of para-hydroxylation sites is 1. The van der Waals surface area contributed by atoms with Gasteiger partial charge in [-0.1, -0.05) is 133 Å². The number of thiophene rings is 2. The molecule has 0 aliphatic carbocycles. The molecular formula is C51H30N4S2. The molecule has 0 fully saturated rings. The van der Waals surface area contributed by atoms with Crippen molar-refractivity contribution in [2.24, 2.45) is 0 Å². The van der Waals surface area contributed by atoms with Gasteiger partial charge in [-0.2, -0.15) is 0 Å². The van der Waals surface area contributed by atoms with Crippen molar-refractivity contribution in [1.29, 1.82) is 0 Å². The Labute approximate surface area is 335 Å². The smallest absolute Gasteiger partial charge is 0.165 e. The second-order valence-corrected chi connectivity index (χ2v) is 16.5. The summed E-state index contributed by atoms with van der Waals surface area (Å²) in [6.07, 6.45) is 0. The molecule has 0 N–H and O–H groups in total. The van der Waals surface area contributed by atoms with E-state index in [0.717, 1.165) is 33.5 Å². The number of hydrogen-bond donors (Lipinski definition) is 0. The van der Waals surface area contributed by atoms with Crippen molar-refractivity contribution in [3.05, 3.63) is 182 Å². The molecule has 0 spiro atoms. The molecule has 0 saturated heterocycles. The van der Waals surface area contributed by atoms with Crippen LogP contribution in [0.1, 0.15) is 0 Å². The molecule has 0 saturated carbocycles. The molecule has 4 nitrogen and oxygen atoms in total. The minimum atomic E-state index is 0.643. The van der Waals surface area contributed by atoms with Crippen LogP contribution in [0.3, 0.4) is 0 Å². The summed E-state index contributed by atoms with van der Waals surface area (Å²) in [5, 5.41) is 7.59. The molecule has 0 unspecified atom stereocenters. The fourth-order valence-corrected chi connectivity index (χ4v) is 10.8. The third-order valence-corrected chi connectivity index (χ3v) is 13.4. The van der Waals surface area contributed by atoms with Crippen LogP contribution in [0.15, 0.2) is 182 Å². The number of fused-ring (bicyclic) bond motifs is 10. The van der Waals surface area contributed by atoms with E-state index in [2.05, 4.69) is 168 Å². The Balaban J connectivity index is 1.03. The molecule has 12 aromatic rings. The van der Waals surface area contributed by atoms with Crippen LogP contribution in [0.2, 0.25) is 0 Å². The first-order chi connectivity index (χ1) is 28.2. The van der Waals surface area contributed by atoms with Gasteiger partial charge in [-0.25, -0.2) is 15.0 Å². The minimum absolute atomic E-state index is 0.643. The predicted octanol–water partition coefficient (Wildman–Crippen LogP) is 14.4. The zero-order valence-electron chi connectivity index (χ0n) is 30.4. The Kier molecular flexibility index (Phi) is 7.24. The van der Waals surface area contributed by atoms with Crippen LogP contribution in [-0.2, 0) is 0 Å². The van der Waals surface area contributed by atoms with Gasteiger partial charge in [0.1, 0.15) is 0 Å². The van der Waals surface area contributed by atoms with Gasteiger partial charge >= 0.3 is 0 Å². The SMILES string of the molecule is c1ccc(-c2nc(-c3cccc(-c4cccc(-n5c6ccccc6c6ccc7sc8ccccc8c7c65)c4)c3)nc(-c3cccc4c3sc3ccccc34)n2)cc1. The van der Waals surface area contributed by atoms with E-state index in [0.29, 0.717) is 17.5 Å². The normalized spacial score (nSPS) is 11.9. The summed E-state index contributed by atoms with van der Waals surface area (Å²) < 4.78 is 7.49. The maximum atomic E-state index is 5.21. The third kappa shape index (κ3) is 5.15. The van der Waals surface area contributed by atoms with E-state index >= 15 is 0 Å². The average Bonchev–Trinajstić information content (AvgIpc) is 3.96. The van der Waals surface area contributed by atoms with Crippen molar-refractivity contribution >= 4 is 84.8 Å². The van der Waals surface area contributed by atoms with Gasteiger partial charge < -0.3 is 4.57 Å². The lowest BCUT2D eigenvalue weighted by Gasteiger charge is -2.12. The van der Waals surface area contributed by atoms with Crippen LogP contribution in [0.5, 0.6) is 0 Å². The van der Waals surface area contributed by atoms with Crippen molar-refractivity contribution in [1.82, 2.24) is 19.5 Å². The van der Waals surface area contributed by atoms with Gasteiger partial charge in [-0.3, -0.25) is 0 Å². The van der Waals surface area contributed by atoms with Crippen LogP contribution in [0.25, 0.3) is 113 Å². The highest BCUT2D eigenvalue weighted by Crippen LogP contribution is 2.44. The lowest BCUT2D eigenvalue weighted by molar-refractivity contribution is 1.08. The highest BCUT2D eigenvalue weighted by molar-refractivity contribution is 7.26. The van der Waals surface area contributed by atoms with Crippen molar-refractivity contribution < 1.29 is 0 Å². The molecule has 0 atom stereocenters. The quantitative estimate of drug-likeness (QED) is 0.175. The van der Waals surface area contributed by atoms with E-state index in [4.69, 9.17) is 15.0 Å².